The average molecular weight is 382 g/mol. The molecule has 1 aliphatic rings. The molecule has 1 unspecified atom stereocenters. The van der Waals surface area contributed by atoms with Gasteiger partial charge in [-0.15, -0.1) is 5.10 Å². The van der Waals surface area contributed by atoms with Gasteiger partial charge in [-0.2, -0.15) is 4.68 Å². The van der Waals surface area contributed by atoms with E-state index in [1.807, 2.05) is 46.6 Å². The molecule has 0 radical (unpaired) electrons. The van der Waals surface area contributed by atoms with Crippen LogP contribution in [0.2, 0.25) is 0 Å². The van der Waals surface area contributed by atoms with Crippen molar-refractivity contribution < 1.29 is 9.64 Å². The summed E-state index contributed by atoms with van der Waals surface area (Å²) < 4.78 is 10.0. The molecule has 1 N–H and O–H groups in total. The van der Waals surface area contributed by atoms with Crippen molar-refractivity contribution in [3.63, 3.8) is 0 Å². The van der Waals surface area contributed by atoms with Crippen LogP contribution >= 0.6 is 12.2 Å². The smallest absolute Gasteiger partial charge is 0.202 e. The SMILES string of the molecule is COc1ccc(C[NH+](Cn2nc(-c3ccccc3)n(C)c2=S)C2CC2)cc1. The Kier molecular flexibility index (Phi) is 5.09. The highest BCUT2D eigenvalue weighted by Crippen LogP contribution is 2.18. The Hall–Kier alpha value is -2.44. The van der Waals surface area contributed by atoms with Gasteiger partial charge in [0, 0.05) is 31.0 Å². The van der Waals surface area contributed by atoms with Crippen molar-refractivity contribution in [3.8, 4) is 17.1 Å². The van der Waals surface area contributed by atoms with E-state index in [1.54, 1.807) is 7.11 Å². The molecule has 1 atom stereocenters. The molecule has 6 heteroatoms. The van der Waals surface area contributed by atoms with Crippen molar-refractivity contribution in [1.82, 2.24) is 14.3 Å². The van der Waals surface area contributed by atoms with Crippen LogP contribution < -0.4 is 9.64 Å². The zero-order valence-electron chi connectivity index (χ0n) is 15.8. The lowest BCUT2D eigenvalue weighted by molar-refractivity contribution is -0.947. The highest BCUT2D eigenvalue weighted by molar-refractivity contribution is 7.71. The summed E-state index contributed by atoms with van der Waals surface area (Å²) in [4.78, 5) is 1.51. The van der Waals surface area contributed by atoms with E-state index < -0.39 is 0 Å². The molecular weight excluding hydrogens is 356 g/mol. The minimum atomic E-state index is 0.691. The van der Waals surface area contributed by atoms with Crippen molar-refractivity contribution in [2.45, 2.75) is 32.1 Å². The zero-order chi connectivity index (χ0) is 18.8. The molecule has 1 saturated carbocycles. The summed E-state index contributed by atoms with van der Waals surface area (Å²) in [6, 6.07) is 19.3. The van der Waals surface area contributed by atoms with Crippen LogP contribution in [0.15, 0.2) is 54.6 Å². The van der Waals surface area contributed by atoms with Gasteiger partial charge in [0.15, 0.2) is 12.5 Å². The molecule has 0 bridgehead atoms. The molecular formula is C21H25N4OS+. The highest BCUT2D eigenvalue weighted by atomic mass is 32.1. The first kappa shape index (κ1) is 17.9. The van der Waals surface area contributed by atoms with E-state index in [0.29, 0.717) is 6.04 Å². The topological polar surface area (TPSA) is 36.4 Å². The largest absolute Gasteiger partial charge is 0.497 e. The number of quaternary nitrogens is 1. The van der Waals surface area contributed by atoms with Gasteiger partial charge in [0.05, 0.1) is 13.2 Å². The van der Waals surface area contributed by atoms with Crippen molar-refractivity contribution in [2.24, 2.45) is 7.05 Å². The standard InChI is InChI=1S/C21H24N4OS/c1-23-20(17-6-4-3-5-7-17)22-25(21(23)27)15-24(18-10-11-18)14-16-8-12-19(26-2)13-9-16/h3-9,12-13,18H,10-11,14-15H2,1-2H3/p+1. The summed E-state index contributed by atoms with van der Waals surface area (Å²) in [6.45, 7) is 1.75. The molecule has 1 aliphatic carbocycles. The van der Waals surface area contributed by atoms with Gasteiger partial charge < -0.3 is 14.2 Å². The van der Waals surface area contributed by atoms with Gasteiger partial charge in [0.2, 0.25) is 4.77 Å². The van der Waals surface area contributed by atoms with Crippen molar-refractivity contribution in [3.05, 3.63) is 64.9 Å². The molecule has 5 nitrogen and oxygen atoms in total. The third kappa shape index (κ3) is 3.96. The van der Waals surface area contributed by atoms with Crippen molar-refractivity contribution >= 4 is 12.2 Å². The van der Waals surface area contributed by atoms with Crippen LogP contribution in [0, 0.1) is 4.77 Å². The van der Waals surface area contributed by atoms with Crippen molar-refractivity contribution in [1.29, 1.82) is 0 Å². The Balaban J connectivity index is 1.56. The predicted molar refractivity (Wildman–Crippen MR) is 108 cm³/mol. The van der Waals surface area contributed by atoms with E-state index in [2.05, 4.69) is 24.3 Å². The molecule has 1 fully saturated rings. The van der Waals surface area contributed by atoms with Crippen LogP contribution in [0.3, 0.4) is 0 Å². The second kappa shape index (κ2) is 7.66. The lowest BCUT2D eigenvalue weighted by atomic mass is 10.2. The number of ether oxygens (including phenoxy) is 1. The lowest BCUT2D eigenvalue weighted by Crippen LogP contribution is -3.11. The van der Waals surface area contributed by atoms with Gasteiger partial charge in [-0.05, 0) is 36.5 Å². The number of aromatic nitrogens is 3. The zero-order valence-corrected chi connectivity index (χ0v) is 16.6. The molecule has 4 rings (SSSR count). The summed E-state index contributed by atoms with van der Waals surface area (Å²) in [6.07, 6.45) is 2.55. The molecule has 1 aromatic heterocycles. The van der Waals surface area contributed by atoms with Crippen molar-refractivity contribution in [2.75, 3.05) is 7.11 Å². The first-order chi connectivity index (χ1) is 13.2. The van der Waals surface area contributed by atoms with Crippen LogP contribution in [0.1, 0.15) is 18.4 Å². The molecule has 3 aromatic rings. The number of hydrogen-bond donors (Lipinski definition) is 1. The quantitative estimate of drug-likeness (QED) is 0.640. The van der Waals surface area contributed by atoms with E-state index in [1.165, 1.54) is 23.3 Å². The maximum Gasteiger partial charge on any atom is 0.202 e. The Morgan fingerprint density at radius 2 is 1.81 bits per heavy atom. The minimum Gasteiger partial charge on any atom is -0.497 e. The number of hydrogen-bond acceptors (Lipinski definition) is 3. The third-order valence-corrected chi connectivity index (χ3v) is 5.66. The molecule has 0 spiro atoms. The van der Waals surface area contributed by atoms with Crippen LogP contribution in [-0.2, 0) is 20.3 Å². The van der Waals surface area contributed by atoms with Crippen LogP contribution in [-0.4, -0.2) is 27.5 Å². The maximum absolute atomic E-state index is 5.67. The van der Waals surface area contributed by atoms with Gasteiger partial charge in [0.25, 0.3) is 0 Å². The van der Waals surface area contributed by atoms with Gasteiger partial charge in [-0.3, -0.25) is 0 Å². The Bertz CT molecular complexity index is 958. The summed E-state index contributed by atoms with van der Waals surface area (Å²) >= 11 is 5.67. The van der Waals surface area contributed by atoms with Crippen LogP contribution in [0.25, 0.3) is 11.4 Å². The number of nitrogens with one attached hydrogen (secondary N) is 1. The molecule has 1 heterocycles. The van der Waals surface area contributed by atoms with E-state index in [9.17, 15) is 0 Å². The van der Waals surface area contributed by atoms with E-state index >= 15 is 0 Å². The fourth-order valence-electron chi connectivity index (χ4n) is 3.45. The monoisotopic (exact) mass is 381 g/mol. The number of benzene rings is 2. The molecule has 0 aliphatic heterocycles. The summed E-state index contributed by atoms with van der Waals surface area (Å²) in [7, 11) is 3.69. The highest BCUT2D eigenvalue weighted by Gasteiger charge is 2.34. The molecule has 0 saturated heterocycles. The normalized spacial score (nSPS) is 14.9. The van der Waals surface area contributed by atoms with E-state index in [-0.39, 0.29) is 0 Å². The Morgan fingerprint density at radius 3 is 2.44 bits per heavy atom. The average Bonchev–Trinajstić information content (AvgIpc) is 3.52. The van der Waals surface area contributed by atoms with Gasteiger partial charge in [-0.25, -0.2) is 0 Å². The Labute approximate surface area is 164 Å². The second-order valence-corrected chi connectivity index (χ2v) is 7.51. The number of methoxy groups -OCH3 is 1. The predicted octanol–water partition coefficient (Wildman–Crippen LogP) is 2.83. The number of nitrogens with zero attached hydrogens (tertiary/aromatic N) is 3. The van der Waals surface area contributed by atoms with Crippen LogP contribution in [0.4, 0.5) is 0 Å². The summed E-state index contributed by atoms with van der Waals surface area (Å²) in [5.41, 5.74) is 2.40. The lowest BCUT2D eigenvalue weighted by Gasteiger charge is -2.19. The van der Waals surface area contributed by atoms with Gasteiger partial charge in [0.1, 0.15) is 12.3 Å². The molecule has 0 amide bonds. The summed E-state index contributed by atoms with van der Waals surface area (Å²) in [5.74, 6) is 1.81. The fraction of sp³-hybridized carbons (Fsp3) is 0.333. The summed E-state index contributed by atoms with van der Waals surface area (Å²) in [5, 5.41) is 4.83. The molecule has 140 valence electrons. The first-order valence-electron chi connectivity index (χ1n) is 9.32. The minimum absolute atomic E-state index is 0.691. The van der Waals surface area contributed by atoms with E-state index in [4.69, 9.17) is 22.1 Å². The fourth-order valence-corrected chi connectivity index (χ4v) is 3.64. The van der Waals surface area contributed by atoms with Crippen LogP contribution in [0.5, 0.6) is 5.75 Å². The third-order valence-electron chi connectivity index (χ3n) is 5.17. The first-order valence-corrected chi connectivity index (χ1v) is 9.73. The second-order valence-electron chi connectivity index (χ2n) is 7.15. The Morgan fingerprint density at radius 1 is 1.11 bits per heavy atom. The van der Waals surface area contributed by atoms with E-state index in [0.717, 1.165) is 35.1 Å². The maximum atomic E-state index is 5.67. The molecule has 27 heavy (non-hydrogen) atoms. The molecule has 2 aromatic carbocycles. The number of rotatable bonds is 7. The van der Waals surface area contributed by atoms with Gasteiger partial charge >= 0.3 is 0 Å². The van der Waals surface area contributed by atoms with Gasteiger partial charge in [-0.1, -0.05) is 30.3 Å².